The zero-order chi connectivity index (χ0) is 17.2. The fourth-order valence-corrected chi connectivity index (χ4v) is 2.78. The van der Waals surface area contributed by atoms with Crippen molar-refractivity contribution < 1.29 is 18.3 Å². The molecule has 1 aliphatic rings. The van der Waals surface area contributed by atoms with Crippen LogP contribution in [-0.4, -0.2) is 22.5 Å². The predicted molar refractivity (Wildman–Crippen MR) is 83.5 cm³/mol. The van der Waals surface area contributed by atoms with Crippen molar-refractivity contribution in [3.63, 3.8) is 0 Å². The number of hydrogen-bond donors (Lipinski definition) is 1. The monoisotopic (exact) mass is 333 g/mol. The Hall–Kier alpha value is -2.57. The van der Waals surface area contributed by atoms with E-state index in [2.05, 4.69) is 15.3 Å². The zero-order valence-corrected chi connectivity index (χ0v) is 13.2. The standard InChI is InChI=1S/C17H17F2N3O2/c1-2-24-15(23)11-9-20-16(21-10-11)22-17(6-3-7-17)13-8-12(18)4-5-14(13)19/h4-5,8-10H,2-3,6-7H2,1H3,(H,20,21,22). The molecule has 5 nitrogen and oxygen atoms in total. The average molecular weight is 333 g/mol. The van der Waals surface area contributed by atoms with Gasteiger partial charge >= 0.3 is 5.97 Å². The average Bonchev–Trinajstić information content (AvgIpc) is 2.54. The van der Waals surface area contributed by atoms with Crippen LogP contribution in [0.2, 0.25) is 0 Å². The van der Waals surface area contributed by atoms with Gasteiger partial charge in [0.15, 0.2) is 0 Å². The summed E-state index contributed by atoms with van der Waals surface area (Å²) >= 11 is 0. The minimum Gasteiger partial charge on any atom is -0.462 e. The molecule has 24 heavy (non-hydrogen) atoms. The molecule has 0 saturated heterocycles. The molecule has 0 bridgehead atoms. The van der Waals surface area contributed by atoms with Crippen molar-refractivity contribution in [1.29, 1.82) is 0 Å². The van der Waals surface area contributed by atoms with E-state index in [1.54, 1.807) is 6.92 Å². The highest BCUT2D eigenvalue weighted by Crippen LogP contribution is 2.44. The molecule has 126 valence electrons. The molecule has 1 N–H and O–H groups in total. The molecule has 0 amide bonds. The number of benzene rings is 1. The molecule has 3 rings (SSSR count). The number of carbonyl (C=O) groups excluding carboxylic acids is 1. The van der Waals surface area contributed by atoms with E-state index in [1.165, 1.54) is 18.5 Å². The number of carbonyl (C=O) groups is 1. The van der Waals surface area contributed by atoms with E-state index in [9.17, 15) is 13.6 Å². The van der Waals surface area contributed by atoms with Crippen LogP contribution in [0.5, 0.6) is 0 Å². The molecule has 1 fully saturated rings. The Labute approximate surface area is 138 Å². The molecule has 0 unspecified atom stereocenters. The molecule has 0 spiro atoms. The van der Waals surface area contributed by atoms with Crippen molar-refractivity contribution in [3.05, 3.63) is 53.4 Å². The van der Waals surface area contributed by atoms with Gasteiger partial charge in [-0.15, -0.1) is 0 Å². The van der Waals surface area contributed by atoms with Crippen molar-refractivity contribution in [2.75, 3.05) is 11.9 Å². The van der Waals surface area contributed by atoms with Gasteiger partial charge in [-0.1, -0.05) is 0 Å². The van der Waals surface area contributed by atoms with Crippen molar-refractivity contribution in [2.24, 2.45) is 0 Å². The van der Waals surface area contributed by atoms with Gasteiger partial charge in [0, 0.05) is 18.0 Å². The van der Waals surface area contributed by atoms with Crippen LogP contribution in [0.1, 0.15) is 42.1 Å². The molecule has 0 aliphatic heterocycles. The topological polar surface area (TPSA) is 64.1 Å². The summed E-state index contributed by atoms with van der Waals surface area (Å²) in [5.74, 6) is -1.20. The maximum Gasteiger partial charge on any atom is 0.341 e. The summed E-state index contributed by atoms with van der Waals surface area (Å²) in [6, 6.07) is 3.42. The second-order valence-corrected chi connectivity index (χ2v) is 5.70. The number of rotatable bonds is 5. The number of anilines is 1. The van der Waals surface area contributed by atoms with Crippen molar-refractivity contribution in [2.45, 2.75) is 31.7 Å². The Morgan fingerprint density at radius 3 is 2.58 bits per heavy atom. The Bertz CT molecular complexity index is 746. The highest BCUT2D eigenvalue weighted by atomic mass is 19.1. The van der Waals surface area contributed by atoms with E-state index in [0.717, 1.165) is 18.6 Å². The van der Waals surface area contributed by atoms with E-state index in [1.807, 2.05) is 0 Å². The van der Waals surface area contributed by atoms with Crippen LogP contribution in [-0.2, 0) is 10.3 Å². The first kappa shape index (κ1) is 16.3. The summed E-state index contributed by atoms with van der Waals surface area (Å²) in [4.78, 5) is 19.8. The lowest BCUT2D eigenvalue weighted by Gasteiger charge is -2.43. The minimum absolute atomic E-state index is 0.238. The van der Waals surface area contributed by atoms with Gasteiger partial charge in [-0.25, -0.2) is 23.5 Å². The van der Waals surface area contributed by atoms with Crippen LogP contribution in [0.4, 0.5) is 14.7 Å². The van der Waals surface area contributed by atoms with Crippen LogP contribution in [0.25, 0.3) is 0 Å². The van der Waals surface area contributed by atoms with Crippen LogP contribution < -0.4 is 5.32 Å². The summed E-state index contributed by atoms with van der Waals surface area (Å²) < 4.78 is 32.5. The number of nitrogens with one attached hydrogen (secondary N) is 1. The summed E-state index contributed by atoms with van der Waals surface area (Å²) in [5.41, 5.74) is -0.216. The first-order valence-corrected chi connectivity index (χ1v) is 7.77. The smallest absolute Gasteiger partial charge is 0.341 e. The molecule has 0 radical (unpaired) electrons. The number of aromatic nitrogens is 2. The van der Waals surface area contributed by atoms with Gasteiger partial charge in [-0.05, 0) is 44.4 Å². The molecule has 2 aromatic rings. The van der Waals surface area contributed by atoms with Gasteiger partial charge in [0.25, 0.3) is 0 Å². The molecule has 1 aliphatic carbocycles. The van der Waals surface area contributed by atoms with Crippen molar-refractivity contribution in [1.82, 2.24) is 9.97 Å². The molecule has 1 aromatic carbocycles. The molecule has 1 saturated carbocycles. The van der Waals surface area contributed by atoms with Crippen LogP contribution in [0.3, 0.4) is 0 Å². The fourth-order valence-electron chi connectivity index (χ4n) is 2.78. The lowest BCUT2D eigenvalue weighted by molar-refractivity contribution is 0.0525. The minimum atomic E-state index is -0.725. The lowest BCUT2D eigenvalue weighted by Crippen LogP contribution is -2.43. The van der Waals surface area contributed by atoms with Gasteiger partial charge in [-0.2, -0.15) is 0 Å². The summed E-state index contributed by atoms with van der Waals surface area (Å²) in [7, 11) is 0. The van der Waals surface area contributed by atoms with Crippen molar-refractivity contribution in [3.8, 4) is 0 Å². The first-order chi connectivity index (χ1) is 11.5. The third kappa shape index (κ3) is 3.06. The third-order valence-corrected chi connectivity index (χ3v) is 4.17. The van der Waals surface area contributed by atoms with E-state index in [4.69, 9.17) is 4.74 Å². The number of hydrogen-bond acceptors (Lipinski definition) is 5. The van der Waals surface area contributed by atoms with Gasteiger partial charge in [0.05, 0.1) is 17.7 Å². The predicted octanol–water partition coefficient (Wildman–Crippen LogP) is 3.42. The second-order valence-electron chi connectivity index (χ2n) is 5.70. The Morgan fingerprint density at radius 1 is 1.29 bits per heavy atom. The molecule has 0 atom stereocenters. The molecular weight excluding hydrogens is 316 g/mol. The normalized spacial score (nSPS) is 15.5. The fraction of sp³-hybridized carbons (Fsp3) is 0.353. The second kappa shape index (κ2) is 6.51. The SMILES string of the molecule is CCOC(=O)c1cnc(NC2(c3cc(F)ccc3F)CCC2)nc1. The first-order valence-electron chi connectivity index (χ1n) is 7.77. The Morgan fingerprint density at radius 2 is 2.00 bits per heavy atom. The van der Waals surface area contributed by atoms with Gasteiger partial charge in [0.2, 0.25) is 5.95 Å². The number of ether oxygens (including phenoxy) is 1. The lowest BCUT2D eigenvalue weighted by atomic mass is 9.71. The quantitative estimate of drug-likeness (QED) is 0.850. The largest absolute Gasteiger partial charge is 0.462 e. The van der Waals surface area contributed by atoms with E-state index in [-0.39, 0.29) is 23.7 Å². The van der Waals surface area contributed by atoms with E-state index < -0.39 is 23.1 Å². The van der Waals surface area contributed by atoms with Gasteiger partial charge < -0.3 is 10.1 Å². The van der Waals surface area contributed by atoms with Crippen LogP contribution in [0.15, 0.2) is 30.6 Å². The molecule has 1 heterocycles. The van der Waals surface area contributed by atoms with Crippen LogP contribution in [0, 0.1) is 11.6 Å². The summed E-state index contributed by atoms with van der Waals surface area (Å²) in [6.45, 7) is 1.98. The summed E-state index contributed by atoms with van der Waals surface area (Å²) in [6.07, 6.45) is 4.89. The number of halogens is 2. The van der Waals surface area contributed by atoms with Gasteiger partial charge in [-0.3, -0.25) is 0 Å². The van der Waals surface area contributed by atoms with Gasteiger partial charge in [0.1, 0.15) is 11.6 Å². The number of nitrogens with zero attached hydrogens (tertiary/aromatic N) is 2. The maximum absolute atomic E-state index is 14.1. The summed E-state index contributed by atoms with van der Waals surface area (Å²) in [5, 5.41) is 3.09. The Kier molecular flexibility index (Phi) is 4.42. The number of esters is 1. The third-order valence-electron chi connectivity index (χ3n) is 4.17. The zero-order valence-electron chi connectivity index (χ0n) is 13.2. The van der Waals surface area contributed by atoms with E-state index >= 15 is 0 Å². The maximum atomic E-state index is 14.1. The van der Waals surface area contributed by atoms with Crippen molar-refractivity contribution >= 4 is 11.9 Å². The molecule has 1 aromatic heterocycles. The Balaban J connectivity index is 1.83. The molecule has 7 heteroatoms. The highest BCUT2D eigenvalue weighted by molar-refractivity contribution is 5.88. The van der Waals surface area contributed by atoms with E-state index in [0.29, 0.717) is 12.8 Å². The highest BCUT2D eigenvalue weighted by Gasteiger charge is 2.41. The molecular formula is C17H17F2N3O2. The van der Waals surface area contributed by atoms with Crippen LogP contribution >= 0.6 is 0 Å².